The average molecular weight is 495 g/mol. The standard InChI is InChI=1S/C20H22N4O5S3/c1-5-21-19-24(6-2)14-9-8-13(17(29-4)18(14)30-19)22-23-20-31(25,26)15-10-7-12(3)11-16(15)32(20,27)28/h7-11,22H,5-6H2,1-4H3/b21-19+,23-20-. The lowest BCUT2D eigenvalue weighted by atomic mass is 10.2. The van der Waals surface area contributed by atoms with Crippen LogP contribution in [0.1, 0.15) is 19.4 Å². The quantitative estimate of drug-likeness (QED) is 0.545. The van der Waals surface area contributed by atoms with Crippen LogP contribution in [-0.4, -0.2) is 39.4 Å². The van der Waals surface area contributed by atoms with E-state index in [-0.39, 0.29) is 9.79 Å². The zero-order valence-corrected chi connectivity index (χ0v) is 20.4. The van der Waals surface area contributed by atoms with E-state index in [4.69, 9.17) is 4.74 Å². The highest BCUT2D eigenvalue weighted by atomic mass is 32.3. The molecule has 1 aliphatic rings. The van der Waals surface area contributed by atoms with E-state index in [9.17, 15) is 16.8 Å². The molecule has 1 N–H and O–H groups in total. The first-order valence-corrected chi connectivity index (χ1v) is 13.6. The molecule has 0 saturated heterocycles. The summed E-state index contributed by atoms with van der Waals surface area (Å²) in [6, 6.07) is 7.69. The van der Waals surface area contributed by atoms with Crippen LogP contribution in [0.4, 0.5) is 5.69 Å². The maximum Gasteiger partial charge on any atom is 0.276 e. The van der Waals surface area contributed by atoms with Gasteiger partial charge in [-0.25, -0.2) is 16.8 Å². The van der Waals surface area contributed by atoms with Crippen molar-refractivity contribution in [2.45, 2.75) is 37.1 Å². The first kappa shape index (κ1) is 22.5. The second kappa shape index (κ2) is 8.01. The summed E-state index contributed by atoms with van der Waals surface area (Å²) in [4.78, 5) is 4.83. The third-order valence-electron chi connectivity index (χ3n) is 5.03. The first-order valence-electron chi connectivity index (χ1n) is 9.82. The summed E-state index contributed by atoms with van der Waals surface area (Å²) in [6.45, 7) is 7.00. The number of aryl methyl sites for hydroxylation is 2. The molecule has 0 fully saturated rings. The second-order valence-corrected chi connectivity index (χ2v) is 11.9. The van der Waals surface area contributed by atoms with E-state index in [0.29, 0.717) is 30.1 Å². The zero-order chi connectivity index (χ0) is 23.3. The fourth-order valence-corrected chi connectivity index (χ4v) is 9.16. The number of fused-ring (bicyclic) bond motifs is 2. The molecule has 0 unspecified atom stereocenters. The van der Waals surface area contributed by atoms with Crippen LogP contribution in [-0.2, 0) is 26.2 Å². The molecule has 170 valence electrons. The molecule has 32 heavy (non-hydrogen) atoms. The van der Waals surface area contributed by atoms with Gasteiger partial charge in [-0.2, -0.15) is 0 Å². The van der Waals surface area contributed by atoms with Crippen molar-refractivity contribution in [2.24, 2.45) is 10.1 Å². The van der Waals surface area contributed by atoms with E-state index >= 15 is 0 Å². The number of nitrogens with one attached hydrogen (secondary N) is 1. The number of ether oxygens (including phenoxy) is 1. The van der Waals surface area contributed by atoms with Crippen molar-refractivity contribution in [3.8, 4) is 5.75 Å². The van der Waals surface area contributed by atoms with E-state index in [1.54, 1.807) is 19.1 Å². The Kier molecular flexibility index (Phi) is 5.63. The van der Waals surface area contributed by atoms with Crippen LogP contribution < -0.4 is 15.0 Å². The van der Waals surface area contributed by atoms with Gasteiger partial charge in [-0.15, -0.1) is 5.10 Å². The van der Waals surface area contributed by atoms with E-state index in [1.807, 2.05) is 24.5 Å². The van der Waals surface area contributed by atoms with Gasteiger partial charge in [-0.1, -0.05) is 17.4 Å². The molecule has 1 aromatic heterocycles. The van der Waals surface area contributed by atoms with E-state index in [0.717, 1.165) is 15.0 Å². The van der Waals surface area contributed by atoms with Gasteiger partial charge in [-0.3, -0.25) is 10.4 Å². The zero-order valence-electron chi connectivity index (χ0n) is 17.9. The summed E-state index contributed by atoms with van der Waals surface area (Å²) in [5.41, 5.74) is 4.50. The number of anilines is 1. The SMILES string of the molecule is CC/N=c1/sc2c(OC)c(N/N=C3/S(=O)(=O)c4ccc(C)cc4S3(=O)=O)ccc2n1CC. The van der Waals surface area contributed by atoms with E-state index < -0.39 is 24.1 Å². The van der Waals surface area contributed by atoms with E-state index in [2.05, 4.69) is 15.5 Å². The van der Waals surface area contributed by atoms with Crippen LogP contribution in [0, 0.1) is 6.92 Å². The maximum absolute atomic E-state index is 12.9. The van der Waals surface area contributed by atoms with Gasteiger partial charge in [0.1, 0.15) is 0 Å². The number of thiazole rings is 1. The van der Waals surface area contributed by atoms with Crippen LogP contribution in [0.25, 0.3) is 10.2 Å². The van der Waals surface area contributed by atoms with Crippen molar-refractivity contribution < 1.29 is 21.6 Å². The summed E-state index contributed by atoms with van der Waals surface area (Å²) in [5, 5.41) is 3.83. The lowest BCUT2D eigenvalue weighted by molar-refractivity contribution is 0.422. The summed E-state index contributed by atoms with van der Waals surface area (Å²) in [6.07, 6.45) is 0. The molecule has 3 aromatic rings. The minimum atomic E-state index is -4.28. The number of hydrazone groups is 1. The number of methoxy groups -OCH3 is 1. The molecule has 4 rings (SSSR count). The van der Waals surface area contributed by atoms with Gasteiger partial charge in [0, 0.05) is 13.1 Å². The Labute approximate surface area is 189 Å². The van der Waals surface area contributed by atoms with Gasteiger partial charge < -0.3 is 9.30 Å². The van der Waals surface area contributed by atoms with Crippen LogP contribution in [0.2, 0.25) is 0 Å². The van der Waals surface area contributed by atoms with Crippen molar-refractivity contribution in [1.29, 1.82) is 0 Å². The Morgan fingerprint density at radius 1 is 1.06 bits per heavy atom. The Balaban J connectivity index is 1.85. The number of hydrogen-bond donors (Lipinski definition) is 1. The van der Waals surface area contributed by atoms with Crippen LogP contribution in [0.5, 0.6) is 5.75 Å². The summed E-state index contributed by atoms with van der Waals surface area (Å²) in [5.74, 6) is 0.428. The molecule has 0 spiro atoms. The fraction of sp³-hybridized carbons (Fsp3) is 0.300. The molecule has 2 heterocycles. The monoisotopic (exact) mass is 494 g/mol. The molecular formula is C20H22N4O5S3. The van der Waals surface area contributed by atoms with Crippen molar-refractivity contribution in [2.75, 3.05) is 19.1 Å². The lowest BCUT2D eigenvalue weighted by Gasteiger charge is -2.10. The fourth-order valence-electron chi connectivity index (χ4n) is 3.57. The topological polar surface area (TPSA) is 119 Å². The highest BCUT2D eigenvalue weighted by Gasteiger charge is 2.47. The van der Waals surface area contributed by atoms with Crippen molar-refractivity contribution in [3.05, 3.63) is 40.7 Å². The minimum Gasteiger partial charge on any atom is -0.493 e. The summed E-state index contributed by atoms with van der Waals surface area (Å²) in [7, 11) is -7.07. The molecule has 0 amide bonds. The Hall–Kier alpha value is -2.70. The van der Waals surface area contributed by atoms with Crippen LogP contribution in [0.15, 0.2) is 50.2 Å². The molecule has 0 radical (unpaired) electrons. The van der Waals surface area contributed by atoms with E-state index in [1.165, 1.54) is 30.6 Å². The highest BCUT2D eigenvalue weighted by molar-refractivity contribution is 8.33. The molecule has 12 heteroatoms. The smallest absolute Gasteiger partial charge is 0.276 e. The molecule has 9 nitrogen and oxygen atoms in total. The van der Waals surface area contributed by atoms with Gasteiger partial charge in [0.05, 0.1) is 32.8 Å². The number of hydrogen-bond acceptors (Lipinski definition) is 9. The number of aromatic nitrogens is 1. The number of nitrogens with zero attached hydrogens (tertiary/aromatic N) is 3. The molecule has 0 aliphatic carbocycles. The molecule has 0 atom stereocenters. The maximum atomic E-state index is 12.9. The Bertz CT molecular complexity index is 1550. The minimum absolute atomic E-state index is 0.256. The van der Waals surface area contributed by atoms with Gasteiger partial charge >= 0.3 is 0 Å². The third kappa shape index (κ3) is 3.33. The van der Waals surface area contributed by atoms with Gasteiger partial charge in [-0.05, 0) is 50.6 Å². The Morgan fingerprint density at radius 3 is 2.44 bits per heavy atom. The first-order chi connectivity index (χ1) is 15.2. The molecule has 0 bridgehead atoms. The highest BCUT2D eigenvalue weighted by Crippen LogP contribution is 2.38. The van der Waals surface area contributed by atoms with Crippen molar-refractivity contribution in [1.82, 2.24) is 4.57 Å². The predicted octanol–water partition coefficient (Wildman–Crippen LogP) is 2.90. The normalized spacial score (nSPS) is 18.2. The average Bonchev–Trinajstić information content (AvgIpc) is 3.16. The van der Waals surface area contributed by atoms with Crippen molar-refractivity contribution >= 4 is 51.3 Å². The molecule has 1 aliphatic heterocycles. The van der Waals surface area contributed by atoms with Gasteiger partial charge in [0.25, 0.3) is 4.38 Å². The largest absolute Gasteiger partial charge is 0.493 e. The second-order valence-electron chi connectivity index (χ2n) is 7.04. The Morgan fingerprint density at radius 2 is 1.78 bits per heavy atom. The van der Waals surface area contributed by atoms with Crippen LogP contribution in [0.3, 0.4) is 0 Å². The number of benzene rings is 2. The summed E-state index contributed by atoms with van der Waals surface area (Å²) < 4.78 is 59.0. The lowest BCUT2D eigenvalue weighted by Crippen LogP contribution is -2.18. The number of sulfone groups is 2. The van der Waals surface area contributed by atoms with Crippen LogP contribution >= 0.6 is 11.3 Å². The number of rotatable bonds is 5. The summed E-state index contributed by atoms with van der Waals surface area (Å²) >= 11 is 1.43. The molecule has 2 aromatic carbocycles. The predicted molar refractivity (Wildman–Crippen MR) is 125 cm³/mol. The van der Waals surface area contributed by atoms with Crippen molar-refractivity contribution in [3.63, 3.8) is 0 Å². The molecular weight excluding hydrogens is 472 g/mol. The third-order valence-corrected chi connectivity index (χ3v) is 10.6. The molecule has 0 saturated carbocycles. The van der Waals surface area contributed by atoms with Gasteiger partial charge in [0.15, 0.2) is 10.6 Å². The van der Waals surface area contributed by atoms with Gasteiger partial charge in [0.2, 0.25) is 19.7 Å².